The molecule has 0 fully saturated rings. The standard InChI is InChI=1S/C20H24N4O3/c1-22-10-7-14(8-11-22)19(20(26)27-4)21-24(3)17-12-15-6-5-9-23(2)16(15)13-18(17)25/h7-8,10-13H,5-6,9H2,1-4H3/p+1. The lowest BCUT2D eigenvalue weighted by molar-refractivity contribution is -0.671. The van der Waals surface area contributed by atoms with Gasteiger partial charge in [0.2, 0.25) is 0 Å². The van der Waals surface area contributed by atoms with Gasteiger partial charge in [0.25, 0.3) is 0 Å². The maximum absolute atomic E-state index is 12.3. The molecule has 1 aromatic heterocycles. The number of ether oxygens (including phenoxy) is 1. The molecule has 27 heavy (non-hydrogen) atoms. The summed E-state index contributed by atoms with van der Waals surface area (Å²) in [5.41, 5.74) is 3.55. The summed E-state index contributed by atoms with van der Waals surface area (Å²) in [6, 6.07) is 7.29. The Balaban J connectivity index is 2.00. The third-order valence-corrected chi connectivity index (χ3v) is 4.76. The molecule has 142 valence electrons. The van der Waals surface area contributed by atoms with E-state index >= 15 is 0 Å². The van der Waals surface area contributed by atoms with E-state index in [1.54, 1.807) is 25.2 Å². The molecule has 0 radical (unpaired) electrons. The van der Waals surface area contributed by atoms with Crippen LogP contribution in [-0.4, -0.2) is 44.5 Å². The summed E-state index contributed by atoms with van der Waals surface area (Å²) >= 11 is 0. The molecule has 7 nitrogen and oxygen atoms in total. The first kappa shape index (κ1) is 18.7. The Hall–Kier alpha value is -3.09. The highest BCUT2D eigenvalue weighted by Gasteiger charge is 2.21. The minimum atomic E-state index is -0.534. The lowest BCUT2D eigenvalue weighted by Crippen LogP contribution is -2.28. The first-order valence-electron chi connectivity index (χ1n) is 8.84. The molecule has 2 heterocycles. The van der Waals surface area contributed by atoms with Crippen molar-refractivity contribution in [1.29, 1.82) is 0 Å². The summed E-state index contributed by atoms with van der Waals surface area (Å²) < 4.78 is 6.77. The van der Waals surface area contributed by atoms with Gasteiger partial charge < -0.3 is 14.7 Å². The van der Waals surface area contributed by atoms with Crippen molar-refractivity contribution < 1.29 is 19.2 Å². The number of phenols is 1. The molecule has 3 rings (SSSR count). The number of hydrogen-bond acceptors (Lipinski definition) is 6. The molecular weight excluding hydrogens is 344 g/mol. The van der Waals surface area contributed by atoms with Gasteiger partial charge in [-0.1, -0.05) is 0 Å². The fraction of sp³-hybridized carbons (Fsp3) is 0.350. The smallest absolute Gasteiger partial charge is 0.359 e. The maximum Gasteiger partial charge on any atom is 0.359 e. The van der Waals surface area contributed by atoms with Crippen LogP contribution in [0.15, 0.2) is 41.8 Å². The molecule has 1 aliphatic heterocycles. The van der Waals surface area contributed by atoms with Crippen molar-refractivity contribution in [3.8, 4) is 5.75 Å². The molecule has 2 aromatic rings. The number of hydrogen-bond donors (Lipinski definition) is 1. The van der Waals surface area contributed by atoms with Gasteiger partial charge in [0.1, 0.15) is 18.5 Å². The highest BCUT2D eigenvalue weighted by Crippen LogP contribution is 2.37. The predicted molar refractivity (Wildman–Crippen MR) is 104 cm³/mol. The normalized spacial score (nSPS) is 13.9. The fourth-order valence-corrected chi connectivity index (χ4v) is 3.23. The molecule has 1 N–H and O–H groups in total. The second-order valence-electron chi connectivity index (χ2n) is 6.71. The Bertz CT molecular complexity index is 878. The van der Waals surface area contributed by atoms with Gasteiger partial charge in [-0.3, -0.25) is 5.01 Å². The third kappa shape index (κ3) is 3.86. The van der Waals surface area contributed by atoms with Crippen molar-refractivity contribution in [2.75, 3.05) is 37.7 Å². The molecule has 0 saturated heterocycles. The van der Waals surface area contributed by atoms with Gasteiger partial charge in [0, 0.05) is 50.1 Å². The molecule has 0 aliphatic carbocycles. The van der Waals surface area contributed by atoms with Crippen LogP contribution in [0.2, 0.25) is 0 Å². The number of anilines is 2. The van der Waals surface area contributed by atoms with Crippen molar-refractivity contribution in [3.05, 3.63) is 47.8 Å². The van der Waals surface area contributed by atoms with Gasteiger partial charge in [-0.25, -0.2) is 9.36 Å². The molecule has 0 saturated carbocycles. The molecule has 1 aliphatic rings. The Morgan fingerprint density at radius 3 is 2.70 bits per heavy atom. The summed E-state index contributed by atoms with van der Waals surface area (Å²) in [4.78, 5) is 14.4. The largest absolute Gasteiger partial charge is 0.506 e. The van der Waals surface area contributed by atoms with Crippen LogP contribution in [0.1, 0.15) is 17.5 Å². The SMILES string of the molecule is COC(=O)/C(=N\N(C)c1cc2c(cc1O)N(C)CCC2)c1cc[n+](C)cc1. The van der Waals surface area contributed by atoms with Crippen LogP contribution >= 0.6 is 0 Å². The predicted octanol–water partition coefficient (Wildman–Crippen LogP) is 1.61. The van der Waals surface area contributed by atoms with E-state index in [-0.39, 0.29) is 11.5 Å². The first-order valence-corrected chi connectivity index (χ1v) is 8.84. The average Bonchev–Trinajstić information content (AvgIpc) is 2.66. The van der Waals surface area contributed by atoms with Crippen molar-refractivity contribution in [2.24, 2.45) is 12.1 Å². The van der Waals surface area contributed by atoms with Crippen molar-refractivity contribution >= 4 is 23.1 Å². The molecule has 0 atom stereocenters. The minimum Gasteiger partial charge on any atom is -0.506 e. The van der Waals surface area contributed by atoms with E-state index in [0.717, 1.165) is 30.6 Å². The number of aryl methyl sites for hydroxylation is 2. The lowest BCUT2D eigenvalue weighted by atomic mass is 10.0. The second-order valence-corrected chi connectivity index (χ2v) is 6.71. The van der Waals surface area contributed by atoms with Gasteiger partial charge in [-0.2, -0.15) is 5.10 Å². The van der Waals surface area contributed by atoms with Crippen molar-refractivity contribution in [2.45, 2.75) is 12.8 Å². The topological polar surface area (TPSA) is 69.2 Å². The molecule has 0 amide bonds. The number of rotatable bonds is 4. The highest BCUT2D eigenvalue weighted by atomic mass is 16.5. The van der Waals surface area contributed by atoms with Gasteiger partial charge in [0.15, 0.2) is 18.1 Å². The van der Waals surface area contributed by atoms with Gasteiger partial charge >= 0.3 is 5.97 Å². The van der Waals surface area contributed by atoms with E-state index in [2.05, 4.69) is 10.0 Å². The molecule has 0 bridgehead atoms. The summed E-state index contributed by atoms with van der Waals surface area (Å²) in [5.74, 6) is -0.412. The number of esters is 1. The Labute approximate surface area is 159 Å². The van der Waals surface area contributed by atoms with E-state index in [1.165, 1.54) is 12.1 Å². The van der Waals surface area contributed by atoms with Crippen LogP contribution < -0.4 is 14.5 Å². The van der Waals surface area contributed by atoms with Crippen LogP contribution in [-0.2, 0) is 23.0 Å². The van der Waals surface area contributed by atoms with Crippen LogP contribution in [0, 0.1) is 0 Å². The summed E-state index contributed by atoms with van der Waals surface area (Å²) in [5, 5.41) is 16.5. The zero-order valence-electron chi connectivity index (χ0n) is 16.1. The number of phenolic OH excluding ortho intramolecular Hbond substituents is 1. The van der Waals surface area contributed by atoms with Gasteiger partial charge in [0.05, 0.1) is 7.11 Å². The van der Waals surface area contributed by atoms with Crippen LogP contribution in [0.5, 0.6) is 5.75 Å². The number of carbonyl (C=O) groups excluding carboxylic acids is 1. The number of aromatic hydroxyl groups is 1. The fourth-order valence-electron chi connectivity index (χ4n) is 3.23. The number of aromatic nitrogens is 1. The van der Waals surface area contributed by atoms with Crippen LogP contribution in [0.3, 0.4) is 0 Å². The summed E-state index contributed by atoms with van der Waals surface area (Å²) in [7, 11) is 6.95. The van der Waals surface area contributed by atoms with Gasteiger partial charge in [-0.15, -0.1) is 0 Å². The lowest BCUT2D eigenvalue weighted by Gasteiger charge is -2.29. The molecule has 0 spiro atoms. The van der Waals surface area contributed by atoms with E-state index < -0.39 is 5.97 Å². The van der Waals surface area contributed by atoms with Crippen LogP contribution in [0.25, 0.3) is 0 Å². The number of fused-ring (bicyclic) bond motifs is 1. The number of hydrazone groups is 1. The van der Waals surface area contributed by atoms with Crippen molar-refractivity contribution in [1.82, 2.24) is 0 Å². The number of carbonyl (C=O) groups is 1. The molecule has 1 aromatic carbocycles. The highest BCUT2D eigenvalue weighted by molar-refractivity contribution is 6.43. The number of nitrogens with zero attached hydrogens (tertiary/aromatic N) is 4. The first-order chi connectivity index (χ1) is 12.9. The molecule has 0 unspecified atom stereocenters. The van der Waals surface area contributed by atoms with E-state index in [9.17, 15) is 9.90 Å². The zero-order valence-corrected chi connectivity index (χ0v) is 16.1. The molecular formula is C20H25N4O3+. The second kappa shape index (κ2) is 7.65. The third-order valence-electron chi connectivity index (χ3n) is 4.76. The Kier molecular flexibility index (Phi) is 5.30. The zero-order chi connectivity index (χ0) is 19.6. The number of benzene rings is 1. The maximum atomic E-state index is 12.3. The average molecular weight is 369 g/mol. The Morgan fingerprint density at radius 2 is 2.04 bits per heavy atom. The van der Waals surface area contributed by atoms with E-state index in [4.69, 9.17) is 4.74 Å². The van der Waals surface area contributed by atoms with E-state index in [0.29, 0.717) is 11.3 Å². The minimum absolute atomic E-state index is 0.123. The van der Waals surface area contributed by atoms with Gasteiger partial charge in [-0.05, 0) is 24.5 Å². The van der Waals surface area contributed by atoms with Crippen molar-refractivity contribution in [3.63, 3.8) is 0 Å². The Morgan fingerprint density at radius 1 is 1.33 bits per heavy atom. The quantitative estimate of drug-likeness (QED) is 0.384. The molecule has 7 heteroatoms. The number of methoxy groups -OCH3 is 1. The monoisotopic (exact) mass is 369 g/mol. The van der Waals surface area contributed by atoms with E-state index in [1.807, 2.05) is 37.1 Å². The van der Waals surface area contributed by atoms with Crippen LogP contribution in [0.4, 0.5) is 11.4 Å². The summed E-state index contributed by atoms with van der Waals surface area (Å²) in [6.45, 7) is 0.970. The number of pyridine rings is 1. The summed E-state index contributed by atoms with van der Waals surface area (Å²) in [6.07, 6.45) is 5.68.